The number of benzene rings is 2. The summed E-state index contributed by atoms with van der Waals surface area (Å²) >= 11 is 3.37. The predicted molar refractivity (Wildman–Crippen MR) is 93.4 cm³/mol. The summed E-state index contributed by atoms with van der Waals surface area (Å²) in [6.45, 7) is 4.36. The average Bonchev–Trinajstić information content (AvgIpc) is 2.52. The lowest BCUT2D eigenvalue weighted by molar-refractivity contribution is -0.118. The number of amides is 1. The molecule has 0 saturated carbocycles. The highest BCUT2D eigenvalue weighted by Crippen LogP contribution is 2.21. The van der Waals surface area contributed by atoms with Gasteiger partial charge in [-0.05, 0) is 48.2 Å². The number of nitrogens with one attached hydrogen (secondary N) is 1. The van der Waals surface area contributed by atoms with Crippen molar-refractivity contribution in [2.24, 2.45) is 0 Å². The second-order valence-electron chi connectivity index (χ2n) is 5.23. The van der Waals surface area contributed by atoms with Crippen molar-refractivity contribution in [2.75, 3.05) is 11.9 Å². The largest absolute Gasteiger partial charge is 0.484 e. The molecule has 0 saturated heterocycles. The van der Waals surface area contributed by atoms with Crippen molar-refractivity contribution in [3.8, 4) is 5.75 Å². The normalized spacial score (nSPS) is 11.8. The van der Waals surface area contributed by atoms with Gasteiger partial charge in [-0.1, -0.05) is 48.0 Å². The third kappa shape index (κ3) is 4.88. The zero-order valence-electron chi connectivity index (χ0n) is 12.8. The summed E-state index contributed by atoms with van der Waals surface area (Å²) in [6, 6.07) is 15.4. The summed E-state index contributed by atoms with van der Waals surface area (Å²) in [5.74, 6) is 1.06. The molecule has 0 aromatic heterocycles. The second-order valence-corrected chi connectivity index (χ2v) is 6.14. The van der Waals surface area contributed by atoms with Gasteiger partial charge in [0.15, 0.2) is 6.61 Å². The SMILES string of the molecule is CCC(C)c1ccc(OCC(=O)Nc2cccc(Br)c2)cc1. The van der Waals surface area contributed by atoms with E-state index in [1.54, 1.807) is 0 Å². The lowest BCUT2D eigenvalue weighted by Gasteiger charge is -2.11. The number of hydrogen-bond donors (Lipinski definition) is 1. The third-order valence-corrected chi connectivity index (χ3v) is 4.03. The summed E-state index contributed by atoms with van der Waals surface area (Å²) in [7, 11) is 0. The van der Waals surface area contributed by atoms with E-state index < -0.39 is 0 Å². The fraction of sp³-hybridized carbons (Fsp3) is 0.278. The van der Waals surface area contributed by atoms with Gasteiger partial charge in [0.05, 0.1) is 0 Å². The number of ether oxygens (including phenoxy) is 1. The molecule has 1 atom stereocenters. The Kier molecular flexibility index (Phi) is 6.01. The molecule has 1 amide bonds. The maximum Gasteiger partial charge on any atom is 0.262 e. The quantitative estimate of drug-likeness (QED) is 0.787. The number of carbonyl (C=O) groups is 1. The Hall–Kier alpha value is -1.81. The van der Waals surface area contributed by atoms with Crippen molar-refractivity contribution in [3.63, 3.8) is 0 Å². The number of hydrogen-bond acceptors (Lipinski definition) is 2. The molecule has 1 unspecified atom stereocenters. The first-order chi connectivity index (χ1) is 10.6. The molecule has 0 spiro atoms. The molecule has 2 aromatic carbocycles. The van der Waals surface area contributed by atoms with Crippen LogP contribution < -0.4 is 10.1 Å². The van der Waals surface area contributed by atoms with Crippen LogP contribution in [0, 0.1) is 0 Å². The molecular weight excluding hydrogens is 342 g/mol. The van der Waals surface area contributed by atoms with E-state index in [0.29, 0.717) is 11.7 Å². The van der Waals surface area contributed by atoms with Crippen LogP contribution in [0.25, 0.3) is 0 Å². The fourth-order valence-electron chi connectivity index (χ4n) is 2.04. The van der Waals surface area contributed by atoms with Gasteiger partial charge < -0.3 is 10.1 Å². The zero-order valence-corrected chi connectivity index (χ0v) is 14.4. The number of halogens is 1. The Morgan fingerprint density at radius 2 is 1.95 bits per heavy atom. The lowest BCUT2D eigenvalue weighted by atomic mass is 9.99. The summed E-state index contributed by atoms with van der Waals surface area (Å²) < 4.78 is 6.44. The monoisotopic (exact) mass is 361 g/mol. The first-order valence-corrected chi connectivity index (χ1v) is 8.16. The van der Waals surface area contributed by atoms with E-state index in [1.165, 1.54) is 5.56 Å². The van der Waals surface area contributed by atoms with E-state index in [2.05, 4.69) is 47.2 Å². The smallest absolute Gasteiger partial charge is 0.262 e. The van der Waals surface area contributed by atoms with Crippen molar-refractivity contribution in [1.82, 2.24) is 0 Å². The first-order valence-electron chi connectivity index (χ1n) is 7.36. The molecule has 0 aliphatic carbocycles. The van der Waals surface area contributed by atoms with E-state index >= 15 is 0 Å². The van der Waals surface area contributed by atoms with E-state index in [0.717, 1.165) is 16.6 Å². The van der Waals surface area contributed by atoms with Gasteiger partial charge in [0.2, 0.25) is 0 Å². The highest BCUT2D eigenvalue weighted by atomic mass is 79.9. The van der Waals surface area contributed by atoms with Crippen molar-refractivity contribution in [3.05, 3.63) is 58.6 Å². The van der Waals surface area contributed by atoms with E-state index in [9.17, 15) is 4.79 Å². The molecule has 0 radical (unpaired) electrons. The molecule has 116 valence electrons. The molecule has 2 aromatic rings. The third-order valence-electron chi connectivity index (χ3n) is 3.54. The maximum atomic E-state index is 11.9. The van der Waals surface area contributed by atoms with Crippen LogP contribution in [-0.4, -0.2) is 12.5 Å². The minimum absolute atomic E-state index is 0.00477. The van der Waals surface area contributed by atoms with Crippen molar-refractivity contribution >= 4 is 27.5 Å². The summed E-state index contributed by atoms with van der Waals surface area (Å²) in [5, 5.41) is 2.80. The summed E-state index contributed by atoms with van der Waals surface area (Å²) in [6.07, 6.45) is 1.11. The van der Waals surface area contributed by atoms with Gasteiger partial charge in [-0.2, -0.15) is 0 Å². The molecule has 1 N–H and O–H groups in total. The Labute approximate surface area is 139 Å². The van der Waals surface area contributed by atoms with E-state index in [-0.39, 0.29) is 12.5 Å². The number of carbonyl (C=O) groups excluding carboxylic acids is 1. The van der Waals surface area contributed by atoms with Crippen LogP contribution in [-0.2, 0) is 4.79 Å². The van der Waals surface area contributed by atoms with E-state index in [1.807, 2.05) is 36.4 Å². The van der Waals surface area contributed by atoms with Crippen molar-refractivity contribution in [1.29, 1.82) is 0 Å². The highest BCUT2D eigenvalue weighted by molar-refractivity contribution is 9.10. The number of rotatable bonds is 6. The molecule has 0 fully saturated rings. The Bertz CT molecular complexity index is 625. The van der Waals surface area contributed by atoms with Crippen LogP contribution >= 0.6 is 15.9 Å². The van der Waals surface area contributed by atoms with Crippen LogP contribution in [0.3, 0.4) is 0 Å². The van der Waals surface area contributed by atoms with Crippen LogP contribution in [0.15, 0.2) is 53.0 Å². The van der Waals surface area contributed by atoms with Crippen LogP contribution in [0.2, 0.25) is 0 Å². The summed E-state index contributed by atoms with van der Waals surface area (Å²) in [4.78, 5) is 11.9. The molecular formula is C18H20BrNO2. The van der Waals surface area contributed by atoms with Gasteiger partial charge in [0.1, 0.15) is 5.75 Å². The molecule has 2 rings (SSSR count). The topological polar surface area (TPSA) is 38.3 Å². The van der Waals surface area contributed by atoms with Crippen LogP contribution in [0.4, 0.5) is 5.69 Å². The van der Waals surface area contributed by atoms with Gasteiger partial charge in [0, 0.05) is 10.2 Å². The minimum Gasteiger partial charge on any atom is -0.484 e. The Morgan fingerprint density at radius 1 is 1.23 bits per heavy atom. The standard InChI is InChI=1S/C18H20BrNO2/c1-3-13(2)14-7-9-17(10-8-14)22-12-18(21)20-16-6-4-5-15(19)11-16/h4-11,13H,3,12H2,1-2H3,(H,20,21). The van der Waals surface area contributed by atoms with Gasteiger partial charge in [0.25, 0.3) is 5.91 Å². The zero-order chi connectivity index (χ0) is 15.9. The predicted octanol–water partition coefficient (Wildman–Crippen LogP) is 4.98. The second kappa shape index (κ2) is 7.99. The molecule has 0 heterocycles. The molecule has 0 aliphatic rings. The van der Waals surface area contributed by atoms with E-state index in [4.69, 9.17) is 4.74 Å². The van der Waals surface area contributed by atoms with Gasteiger partial charge >= 0.3 is 0 Å². The van der Waals surface area contributed by atoms with Crippen LogP contribution in [0.1, 0.15) is 31.7 Å². The van der Waals surface area contributed by atoms with Gasteiger partial charge in [-0.3, -0.25) is 4.79 Å². The summed E-state index contributed by atoms with van der Waals surface area (Å²) in [5.41, 5.74) is 2.03. The maximum absolute atomic E-state index is 11.9. The van der Waals surface area contributed by atoms with Crippen LogP contribution in [0.5, 0.6) is 5.75 Å². The first kappa shape index (κ1) is 16.6. The lowest BCUT2D eigenvalue weighted by Crippen LogP contribution is -2.20. The molecule has 3 nitrogen and oxygen atoms in total. The van der Waals surface area contributed by atoms with Crippen molar-refractivity contribution < 1.29 is 9.53 Å². The average molecular weight is 362 g/mol. The van der Waals surface area contributed by atoms with Gasteiger partial charge in [-0.15, -0.1) is 0 Å². The highest BCUT2D eigenvalue weighted by Gasteiger charge is 2.06. The molecule has 0 aliphatic heterocycles. The Balaban J connectivity index is 1.86. The molecule has 4 heteroatoms. The number of anilines is 1. The van der Waals surface area contributed by atoms with Gasteiger partial charge in [-0.25, -0.2) is 0 Å². The minimum atomic E-state index is -0.177. The Morgan fingerprint density at radius 3 is 2.59 bits per heavy atom. The molecule has 22 heavy (non-hydrogen) atoms. The molecule has 0 bridgehead atoms. The van der Waals surface area contributed by atoms with Crippen molar-refractivity contribution in [2.45, 2.75) is 26.2 Å². The fourth-order valence-corrected chi connectivity index (χ4v) is 2.44.